The van der Waals surface area contributed by atoms with E-state index in [1.807, 2.05) is 0 Å². The van der Waals surface area contributed by atoms with Crippen molar-refractivity contribution < 1.29 is 54.8 Å². The molecule has 0 aromatic rings. The molecule has 0 saturated heterocycles. The highest BCUT2D eigenvalue weighted by atomic mass is 35.5. The first-order chi connectivity index (χ1) is 32.5. The molecule has 0 aromatic carbocycles. The average Bonchev–Trinajstić information content (AvgIpc) is 3.31. The van der Waals surface area contributed by atoms with Crippen molar-refractivity contribution in [2.45, 2.75) is 232 Å². The highest BCUT2D eigenvalue weighted by Crippen LogP contribution is 2.15. The van der Waals surface area contributed by atoms with Crippen molar-refractivity contribution in [2.75, 3.05) is 114 Å². The predicted molar refractivity (Wildman–Crippen MR) is 281 cm³/mol. The number of hydrogen-bond acceptors (Lipinski definition) is 8. The molecule has 1 atom stereocenters. The smallest absolute Gasteiger partial charge is 0.157 e. The second-order valence-corrected chi connectivity index (χ2v) is 19.5. The maximum absolute atomic E-state index is 6.60. The Morgan fingerprint density at radius 2 is 0.761 bits per heavy atom. The standard InChI is InChI=1S/C57H114NO8.ClH/c1-7-9-11-13-15-17-19-21-23-25-27-29-31-33-35-40-44-63-55-56(64-45-41-36-34-32-30-28-26-24-22-20-18-16-14-12-10-8-2)54-58(3,4)43-39-37-38-42-57(65-52-50-61-48-46-59-5)66-53-51-62-49-47-60-6;/h21-24,56-57H,7-20,25-55H2,1-6H3;1H/q+1;/p-1/b23-21-,24-22-;. The van der Waals surface area contributed by atoms with E-state index in [-0.39, 0.29) is 24.8 Å². The summed E-state index contributed by atoms with van der Waals surface area (Å²) < 4.78 is 47.3. The Bertz CT molecular complexity index is 956. The van der Waals surface area contributed by atoms with Crippen LogP contribution in [0.1, 0.15) is 219 Å². The summed E-state index contributed by atoms with van der Waals surface area (Å²) in [5.41, 5.74) is 0. The number of rotatable bonds is 57. The zero-order chi connectivity index (χ0) is 48.0. The number of likely N-dealkylation sites (N-methyl/N-ethyl adjacent to an activating group) is 1. The van der Waals surface area contributed by atoms with Crippen molar-refractivity contribution in [3.63, 3.8) is 0 Å². The van der Waals surface area contributed by atoms with Crippen LogP contribution in [0.25, 0.3) is 0 Å². The molecule has 0 aliphatic carbocycles. The minimum atomic E-state index is -0.257. The lowest BCUT2D eigenvalue weighted by atomic mass is 10.1. The Labute approximate surface area is 423 Å². The molecule has 0 saturated carbocycles. The minimum absolute atomic E-state index is 0. The van der Waals surface area contributed by atoms with Crippen molar-refractivity contribution in [1.82, 2.24) is 0 Å². The first-order valence-corrected chi connectivity index (χ1v) is 28.2. The maximum Gasteiger partial charge on any atom is 0.157 e. The SMILES string of the molecule is CCCCCCCC/C=C\CCCCCCCCOCC(C[N+](C)(C)CCCCCC(OCCOCCOC)OCCOCCOC)OCCCCCCCC/C=C\CCCCCCCC.[Cl-]. The fourth-order valence-electron chi connectivity index (χ4n) is 8.27. The highest BCUT2D eigenvalue weighted by Gasteiger charge is 2.23. The van der Waals surface area contributed by atoms with Crippen molar-refractivity contribution >= 4 is 0 Å². The first kappa shape index (κ1) is 68.5. The molecule has 0 rings (SSSR count). The molecule has 0 radical (unpaired) electrons. The van der Waals surface area contributed by atoms with Crippen LogP contribution in [0, 0.1) is 0 Å². The molecule has 0 fully saturated rings. The van der Waals surface area contributed by atoms with Crippen LogP contribution in [-0.4, -0.2) is 131 Å². The molecule has 0 heterocycles. The van der Waals surface area contributed by atoms with Gasteiger partial charge in [-0.2, -0.15) is 0 Å². The predicted octanol–water partition coefficient (Wildman–Crippen LogP) is 11.8. The fourth-order valence-corrected chi connectivity index (χ4v) is 8.27. The van der Waals surface area contributed by atoms with E-state index in [1.54, 1.807) is 14.2 Å². The summed E-state index contributed by atoms with van der Waals surface area (Å²) in [6.45, 7) is 13.4. The Morgan fingerprint density at radius 3 is 1.21 bits per heavy atom. The van der Waals surface area contributed by atoms with E-state index in [1.165, 1.54) is 167 Å². The summed E-state index contributed by atoms with van der Waals surface area (Å²) in [5.74, 6) is 0. The van der Waals surface area contributed by atoms with Gasteiger partial charge in [-0.25, -0.2) is 0 Å². The Hall–Kier alpha value is -0.590. The van der Waals surface area contributed by atoms with E-state index in [2.05, 4.69) is 52.2 Å². The number of nitrogens with zero attached hydrogens (tertiary/aromatic N) is 1. The Balaban J connectivity index is 0. The Kier molecular flexibility index (Phi) is 59.3. The van der Waals surface area contributed by atoms with Gasteiger partial charge in [-0.05, 0) is 89.9 Å². The molecule has 0 N–H and O–H groups in total. The van der Waals surface area contributed by atoms with Crippen LogP contribution < -0.4 is 12.4 Å². The van der Waals surface area contributed by atoms with Gasteiger partial charge in [0.15, 0.2) is 6.29 Å². The quantitative estimate of drug-likeness (QED) is 0.0258. The van der Waals surface area contributed by atoms with E-state index in [0.29, 0.717) is 59.5 Å². The molecule has 0 aromatic heterocycles. The lowest BCUT2D eigenvalue weighted by Crippen LogP contribution is -3.00. The minimum Gasteiger partial charge on any atom is -1.00 e. The van der Waals surface area contributed by atoms with E-state index in [0.717, 1.165) is 69.3 Å². The number of methoxy groups -OCH3 is 2. The van der Waals surface area contributed by atoms with E-state index >= 15 is 0 Å². The third-order valence-corrected chi connectivity index (χ3v) is 12.4. The first-order valence-electron chi connectivity index (χ1n) is 28.2. The van der Waals surface area contributed by atoms with E-state index < -0.39 is 0 Å². The van der Waals surface area contributed by atoms with Gasteiger partial charge < -0.3 is 54.8 Å². The second-order valence-electron chi connectivity index (χ2n) is 19.5. The lowest BCUT2D eigenvalue weighted by molar-refractivity contribution is -0.893. The molecule has 0 bridgehead atoms. The number of quaternary nitrogens is 1. The van der Waals surface area contributed by atoms with Crippen molar-refractivity contribution in [1.29, 1.82) is 0 Å². The van der Waals surface area contributed by atoms with Crippen LogP contribution in [0.3, 0.4) is 0 Å². The second kappa shape index (κ2) is 58.0. The number of allylic oxidation sites excluding steroid dienone is 4. The van der Waals surface area contributed by atoms with Gasteiger partial charge in [-0.3, -0.25) is 0 Å². The third kappa shape index (κ3) is 56.2. The molecule has 67 heavy (non-hydrogen) atoms. The molecule has 9 nitrogen and oxygen atoms in total. The topological polar surface area (TPSA) is 73.8 Å². The zero-order valence-electron chi connectivity index (χ0n) is 45.4. The van der Waals surface area contributed by atoms with Gasteiger partial charge in [-0.1, -0.05) is 154 Å². The van der Waals surface area contributed by atoms with Crippen LogP contribution in [-0.2, 0) is 37.9 Å². The Morgan fingerprint density at radius 1 is 0.373 bits per heavy atom. The van der Waals surface area contributed by atoms with Gasteiger partial charge in [0.2, 0.25) is 0 Å². The molecule has 0 spiro atoms. The summed E-state index contributed by atoms with van der Waals surface area (Å²) in [5, 5.41) is 0. The van der Waals surface area contributed by atoms with Gasteiger partial charge >= 0.3 is 0 Å². The van der Waals surface area contributed by atoms with E-state index in [4.69, 9.17) is 37.9 Å². The van der Waals surface area contributed by atoms with Crippen LogP contribution in [0.15, 0.2) is 24.3 Å². The van der Waals surface area contributed by atoms with Crippen LogP contribution in [0.4, 0.5) is 0 Å². The molecule has 1 unspecified atom stereocenters. The zero-order valence-corrected chi connectivity index (χ0v) is 46.1. The molecular weight excluding hydrogens is 862 g/mol. The summed E-state index contributed by atoms with van der Waals surface area (Å²) in [6, 6.07) is 0. The summed E-state index contributed by atoms with van der Waals surface area (Å²) in [6.07, 6.45) is 50.9. The van der Waals surface area contributed by atoms with Crippen molar-refractivity contribution in [3.05, 3.63) is 24.3 Å². The maximum atomic E-state index is 6.60. The summed E-state index contributed by atoms with van der Waals surface area (Å²) >= 11 is 0. The number of hydrogen-bond donors (Lipinski definition) is 0. The largest absolute Gasteiger partial charge is 1.00 e. The van der Waals surface area contributed by atoms with Crippen LogP contribution in [0.2, 0.25) is 0 Å². The number of halogens is 1. The average molecular weight is 977 g/mol. The monoisotopic (exact) mass is 976 g/mol. The van der Waals surface area contributed by atoms with Gasteiger partial charge in [0, 0.05) is 27.4 Å². The molecule has 0 aliphatic rings. The van der Waals surface area contributed by atoms with Crippen molar-refractivity contribution in [2.24, 2.45) is 0 Å². The number of unbranched alkanes of at least 4 members (excludes halogenated alkanes) is 26. The van der Waals surface area contributed by atoms with Gasteiger partial charge in [0.1, 0.15) is 12.6 Å². The fraction of sp³-hybridized carbons (Fsp3) is 0.930. The third-order valence-electron chi connectivity index (χ3n) is 12.4. The molecular formula is C57H114ClNO8. The van der Waals surface area contributed by atoms with Gasteiger partial charge in [0.25, 0.3) is 0 Å². The van der Waals surface area contributed by atoms with Crippen molar-refractivity contribution in [3.8, 4) is 0 Å². The normalized spacial score (nSPS) is 12.6. The summed E-state index contributed by atoms with van der Waals surface area (Å²) in [7, 11) is 8.08. The number of ether oxygens (including phenoxy) is 8. The van der Waals surface area contributed by atoms with Crippen LogP contribution >= 0.6 is 0 Å². The van der Waals surface area contributed by atoms with Gasteiger partial charge in [0.05, 0.1) is 80.1 Å². The van der Waals surface area contributed by atoms with Crippen LogP contribution in [0.5, 0.6) is 0 Å². The summed E-state index contributed by atoms with van der Waals surface area (Å²) in [4.78, 5) is 0. The lowest BCUT2D eigenvalue weighted by Gasteiger charge is -2.33. The van der Waals surface area contributed by atoms with E-state index in [9.17, 15) is 0 Å². The molecule has 402 valence electrons. The molecule has 0 aliphatic heterocycles. The molecule has 0 amide bonds. The molecule has 10 heteroatoms. The highest BCUT2D eigenvalue weighted by molar-refractivity contribution is 4.82. The van der Waals surface area contributed by atoms with Gasteiger partial charge in [-0.15, -0.1) is 0 Å².